The van der Waals surface area contributed by atoms with Crippen LogP contribution in [0.5, 0.6) is 0 Å². The van der Waals surface area contributed by atoms with Crippen LogP contribution in [0.4, 0.5) is 4.39 Å². The lowest BCUT2D eigenvalue weighted by Crippen LogP contribution is -2.61. The maximum Gasteiger partial charge on any atom is 0.246 e. The van der Waals surface area contributed by atoms with E-state index >= 15 is 0 Å². The van der Waals surface area contributed by atoms with Crippen molar-refractivity contribution in [3.05, 3.63) is 35.6 Å². The zero-order valence-corrected chi connectivity index (χ0v) is 10.1. The second-order valence-corrected chi connectivity index (χ2v) is 5.08. The summed E-state index contributed by atoms with van der Waals surface area (Å²) in [7, 11) is 0. The third-order valence-electron chi connectivity index (χ3n) is 3.95. The summed E-state index contributed by atoms with van der Waals surface area (Å²) >= 11 is 0. The molecule has 0 bridgehead atoms. The highest BCUT2D eigenvalue weighted by molar-refractivity contribution is 5.79. The molecule has 2 fully saturated rings. The van der Waals surface area contributed by atoms with Gasteiger partial charge in [0.25, 0.3) is 0 Å². The number of rotatable bonds is 1. The van der Waals surface area contributed by atoms with E-state index in [1.54, 1.807) is 6.07 Å². The second-order valence-electron chi connectivity index (χ2n) is 5.08. The number of hydrogen-bond acceptors (Lipinski definition) is 2. The number of hydrogen-bond donors (Lipinski definition) is 1. The third-order valence-corrected chi connectivity index (χ3v) is 3.95. The van der Waals surface area contributed by atoms with E-state index in [1.807, 2.05) is 6.07 Å². The summed E-state index contributed by atoms with van der Waals surface area (Å²) in [5.41, 5.74) is 0.288. The van der Waals surface area contributed by atoms with Gasteiger partial charge in [-0.3, -0.25) is 4.79 Å². The number of nitrogens with one attached hydrogen (secondary N) is 1. The molecule has 2 atom stereocenters. The van der Waals surface area contributed by atoms with Gasteiger partial charge in [-0.15, -0.1) is 0 Å². The van der Waals surface area contributed by atoms with Gasteiger partial charge in [-0.25, -0.2) is 4.39 Å². The molecule has 1 N–H and O–H groups in total. The van der Waals surface area contributed by atoms with E-state index in [2.05, 4.69) is 5.32 Å². The summed E-state index contributed by atoms with van der Waals surface area (Å²) < 4.78 is 19.1. The monoisotopic (exact) mass is 249 g/mol. The van der Waals surface area contributed by atoms with Crippen molar-refractivity contribution in [2.24, 2.45) is 0 Å². The van der Waals surface area contributed by atoms with Crippen LogP contribution in [0.2, 0.25) is 0 Å². The Labute approximate surface area is 105 Å². The van der Waals surface area contributed by atoms with Crippen LogP contribution in [0.3, 0.4) is 0 Å². The predicted molar refractivity (Wildman–Crippen MR) is 64.4 cm³/mol. The van der Waals surface area contributed by atoms with Gasteiger partial charge >= 0.3 is 0 Å². The number of ether oxygens (including phenoxy) is 1. The topological polar surface area (TPSA) is 38.3 Å². The highest BCUT2D eigenvalue weighted by atomic mass is 19.1. The molecule has 3 nitrogen and oxygen atoms in total. The molecular weight excluding hydrogens is 233 g/mol. The number of benzene rings is 1. The van der Waals surface area contributed by atoms with Crippen LogP contribution >= 0.6 is 0 Å². The SMILES string of the molecule is O=C1COC2CCCCC2(c2cccc(F)c2)N1. The summed E-state index contributed by atoms with van der Waals surface area (Å²) in [6.07, 6.45) is 3.81. The van der Waals surface area contributed by atoms with Crippen molar-refractivity contribution < 1.29 is 13.9 Å². The summed E-state index contributed by atoms with van der Waals surface area (Å²) in [6.45, 7) is 0.113. The van der Waals surface area contributed by atoms with Gasteiger partial charge in [0.2, 0.25) is 5.91 Å². The molecule has 3 rings (SSSR count). The maximum atomic E-state index is 13.4. The van der Waals surface area contributed by atoms with Crippen LogP contribution in [0.15, 0.2) is 24.3 Å². The molecule has 0 aromatic heterocycles. The Bertz CT molecular complexity index is 477. The van der Waals surface area contributed by atoms with Gasteiger partial charge in [0.05, 0.1) is 11.6 Å². The Morgan fingerprint density at radius 3 is 3.11 bits per heavy atom. The van der Waals surface area contributed by atoms with Crippen molar-refractivity contribution in [2.45, 2.75) is 37.3 Å². The van der Waals surface area contributed by atoms with E-state index in [1.165, 1.54) is 12.1 Å². The van der Waals surface area contributed by atoms with Crippen molar-refractivity contribution >= 4 is 5.91 Å². The molecule has 4 heteroatoms. The molecular formula is C14H16FNO2. The number of carbonyl (C=O) groups is 1. The molecule has 1 amide bonds. The lowest BCUT2D eigenvalue weighted by Gasteiger charge is -2.47. The quantitative estimate of drug-likeness (QED) is 0.827. The third kappa shape index (κ3) is 1.81. The highest BCUT2D eigenvalue weighted by Gasteiger charge is 2.47. The Morgan fingerprint density at radius 2 is 2.28 bits per heavy atom. The molecule has 1 heterocycles. The zero-order chi connectivity index (χ0) is 12.6. The van der Waals surface area contributed by atoms with Crippen LogP contribution in [0.1, 0.15) is 31.2 Å². The minimum Gasteiger partial charge on any atom is -0.366 e. The number of carbonyl (C=O) groups excluding carboxylic acids is 1. The number of halogens is 1. The maximum absolute atomic E-state index is 13.4. The molecule has 2 unspecified atom stereocenters. The van der Waals surface area contributed by atoms with E-state index in [0.29, 0.717) is 0 Å². The van der Waals surface area contributed by atoms with Crippen LogP contribution < -0.4 is 5.32 Å². The first-order valence-corrected chi connectivity index (χ1v) is 6.39. The Kier molecular flexibility index (Phi) is 2.82. The predicted octanol–water partition coefficient (Wildman–Crippen LogP) is 2.11. The van der Waals surface area contributed by atoms with Gasteiger partial charge in [0.1, 0.15) is 12.4 Å². The standard InChI is InChI=1S/C14H16FNO2/c15-11-5-3-4-10(8-11)14-7-2-1-6-12(14)18-9-13(17)16-14/h3-5,8,12H,1-2,6-7,9H2,(H,16,17). The zero-order valence-electron chi connectivity index (χ0n) is 10.1. The molecule has 1 aromatic rings. The largest absolute Gasteiger partial charge is 0.366 e. The molecule has 18 heavy (non-hydrogen) atoms. The van der Waals surface area contributed by atoms with Gasteiger partial charge in [-0.05, 0) is 30.5 Å². The summed E-state index contributed by atoms with van der Waals surface area (Å²) in [6, 6.07) is 6.49. The van der Waals surface area contributed by atoms with E-state index in [4.69, 9.17) is 4.74 Å². The number of morpholine rings is 1. The minimum atomic E-state index is -0.532. The number of amides is 1. The highest BCUT2D eigenvalue weighted by Crippen LogP contribution is 2.40. The van der Waals surface area contributed by atoms with Gasteiger partial charge < -0.3 is 10.1 Å². The van der Waals surface area contributed by atoms with Crippen molar-refractivity contribution in [1.29, 1.82) is 0 Å². The van der Waals surface area contributed by atoms with E-state index in [9.17, 15) is 9.18 Å². The van der Waals surface area contributed by atoms with Crippen molar-refractivity contribution in [2.75, 3.05) is 6.61 Å². The first-order chi connectivity index (χ1) is 8.71. The van der Waals surface area contributed by atoms with Crippen molar-refractivity contribution in [3.8, 4) is 0 Å². The second kappa shape index (κ2) is 4.35. The van der Waals surface area contributed by atoms with Crippen LogP contribution in [-0.2, 0) is 15.1 Å². The van der Waals surface area contributed by atoms with Crippen LogP contribution in [-0.4, -0.2) is 18.6 Å². The normalized spacial score (nSPS) is 31.6. The van der Waals surface area contributed by atoms with Gasteiger partial charge in [-0.2, -0.15) is 0 Å². The van der Waals surface area contributed by atoms with E-state index in [0.717, 1.165) is 31.2 Å². The Balaban J connectivity index is 2.04. The van der Waals surface area contributed by atoms with E-state index < -0.39 is 5.54 Å². The molecule has 1 saturated heterocycles. The molecule has 1 aliphatic heterocycles. The summed E-state index contributed by atoms with van der Waals surface area (Å²) in [5, 5.41) is 3.04. The smallest absolute Gasteiger partial charge is 0.246 e. The van der Waals surface area contributed by atoms with Gasteiger partial charge in [-0.1, -0.05) is 25.0 Å². The minimum absolute atomic E-state index is 0.0363. The fraction of sp³-hybridized carbons (Fsp3) is 0.500. The van der Waals surface area contributed by atoms with Crippen molar-refractivity contribution in [3.63, 3.8) is 0 Å². The molecule has 0 spiro atoms. The van der Waals surface area contributed by atoms with E-state index in [-0.39, 0.29) is 24.4 Å². The molecule has 0 radical (unpaired) electrons. The van der Waals surface area contributed by atoms with Crippen LogP contribution in [0.25, 0.3) is 0 Å². The lowest BCUT2D eigenvalue weighted by molar-refractivity contribution is -0.148. The molecule has 2 aliphatic rings. The Morgan fingerprint density at radius 1 is 1.39 bits per heavy atom. The Hall–Kier alpha value is -1.42. The average molecular weight is 249 g/mol. The number of fused-ring (bicyclic) bond motifs is 1. The first kappa shape index (κ1) is 11.7. The first-order valence-electron chi connectivity index (χ1n) is 6.39. The summed E-state index contributed by atoms with van der Waals surface area (Å²) in [4.78, 5) is 11.7. The average Bonchev–Trinajstić information content (AvgIpc) is 2.38. The fourth-order valence-corrected chi connectivity index (χ4v) is 3.14. The lowest BCUT2D eigenvalue weighted by atomic mass is 9.73. The molecule has 1 saturated carbocycles. The summed E-state index contributed by atoms with van der Waals surface area (Å²) in [5.74, 6) is -0.386. The molecule has 1 aromatic carbocycles. The molecule has 96 valence electrons. The molecule has 1 aliphatic carbocycles. The van der Waals surface area contributed by atoms with Crippen molar-refractivity contribution in [1.82, 2.24) is 5.32 Å². The van der Waals surface area contributed by atoms with Gasteiger partial charge in [0, 0.05) is 0 Å². The fourth-order valence-electron chi connectivity index (χ4n) is 3.14. The van der Waals surface area contributed by atoms with Gasteiger partial charge in [0.15, 0.2) is 0 Å². The van der Waals surface area contributed by atoms with Crippen LogP contribution in [0, 0.1) is 5.82 Å².